The molecule has 9 heteroatoms. The van der Waals surface area contributed by atoms with Crippen molar-refractivity contribution in [3.8, 4) is 11.5 Å². The van der Waals surface area contributed by atoms with Crippen LogP contribution in [0.5, 0.6) is 11.5 Å². The van der Waals surface area contributed by atoms with E-state index in [0.29, 0.717) is 35.7 Å². The van der Waals surface area contributed by atoms with Crippen molar-refractivity contribution in [3.63, 3.8) is 0 Å². The lowest BCUT2D eigenvalue weighted by Crippen LogP contribution is -2.49. The quantitative estimate of drug-likeness (QED) is 0.380. The highest BCUT2D eigenvalue weighted by atomic mass is 16.5. The minimum Gasteiger partial charge on any atom is -0.497 e. The maximum atomic E-state index is 13.9. The van der Waals surface area contributed by atoms with Crippen LogP contribution in [0.1, 0.15) is 28.5 Å². The Bertz CT molecular complexity index is 1610. The Morgan fingerprint density at radius 3 is 2.45 bits per heavy atom. The van der Waals surface area contributed by atoms with Crippen molar-refractivity contribution < 1.29 is 23.9 Å². The van der Waals surface area contributed by atoms with Crippen LogP contribution < -0.4 is 19.7 Å². The monoisotopic (exact) mass is 510 g/mol. The normalized spacial score (nSPS) is 18.4. The van der Waals surface area contributed by atoms with E-state index in [1.807, 2.05) is 18.2 Å². The van der Waals surface area contributed by atoms with Crippen molar-refractivity contribution in [2.75, 3.05) is 31.0 Å². The minimum absolute atomic E-state index is 0.314. The minimum atomic E-state index is -1.17. The van der Waals surface area contributed by atoms with Gasteiger partial charge in [-0.15, -0.1) is 0 Å². The number of aromatic amines is 1. The number of fused-ring (bicyclic) bond motifs is 5. The number of amides is 4. The lowest BCUT2D eigenvalue weighted by Gasteiger charge is -2.35. The molecular weight excluding hydrogens is 484 g/mol. The van der Waals surface area contributed by atoms with Gasteiger partial charge in [-0.3, -0.25) is 9.59 Å². The topological polar surface area (TPSA) is 104 Å². The van der Waals surface area contributed by atoms with E-state index in [2.05, 4.69) is 10.3 Å². The summed E-state index contributed by atoms with van der Waals surface area (Å²) in [6.07, 6.45) is 0.619. The number of benzene rings is 3. The largest absolute Gasteiger partial charge is 0.497 e. The molecule has 0 radical (unpaired) electrons. The Morgan fingerprint density at radius 1 is 0.974 bits per heavy atom. The van der Waals surface area contributed by atoms with Crippen molar-refractivity contribution in [1.82, 2.24) is 9.88 Å². The Balaban J connectivity index is 1.29. The highest BCUT2D eigenvalue weighted by Crippen LogP contribution is 2.45. The van der Waals surface area contributed by atoms with Gasteiger partial charge in [0.15, 0.2) is 5.54 Å². The van der Waals surface area contributed by atoms with E-state index >= 15 is 0 Å². The van der Waals surface area contributed by atoms with E-state index in [9.17, 15) is 14.4 Å². The van der Waals surface area contributed by atoms with Crippen LogP contribution in [0.4, 0.5) is 16.2 Å². The Hall–Kier alpha value is -4.79. The van der Waals surface area contributed by atoms with E-state index in [-0.39, 0.29) is 17.8 Å². The molecule has 0 aliphatic carbocycles. The van der Waals surface area contributed by atoms with Crippen LogP contribution in [0, 0.1) is 0 Å². The van der Waals surface area contributed by atoms with E-state index in [0.717, 1.165) is 27.9 Å². The molecule has 2 aliphatic heterocycles. The van der Waals surface area contributed by atoms with Crippen molar-refractivity contribution >= 4 is 40.1 Å². The molecular formula is C29H26N4O5. The molecule has 0 spiro atoms. The Morgan fingerprint density at radius 2 is 1.71 bits per heavy atom. The number of H-pyrrole nitrogens is 1. The van der Waals surface area contributed by atoms with Gasteiger partial charge in [-0.25, -0.2) is 9.69 Å². The number of hydrogen-bond acceptors (Lipinski definition) is 5. The molecule has 3 heterocycles. The average molecular weight is 511 g/mol. The lowest BCUT2D eigenvalue weighted by atomic mass is 9.87. The van der Waals surface area contributed by atoms with Crippen LogP contribution in [0.15, 0.2) is 66.7 Å². The summed E-state index contributed by atoms with van der Waals surface area (Å²) < 4.78 is 10.6. The Labute approximate surface area is 218 Å². The summed E-state index contributed by atoms with van der Waals surface area (Å²) >= 11 is 0. The van der Waals surface area contributed by atoms with Crippen molar-refractivity contribution in [1.29, 1.82) is 0 Å². The number of carbonyl (C=O) groups is 3. The van der Waals surface area contributed by atoms with Gasteiger partial charge in [-0.05, 0) is 73.5 Å². The van der Waals surface area contributed by atoms with Gasteiger partial charge in [-0.1, -0.05) is 6.07 Å². The first-order chi connectivity index (χ1) is 18.3. The summed E-state index contributed by atoms with van der Waals surface area (Å²) in [5.74, 6) is 0.714. The Kier molecular flexibility index (Phi) is 5.37. The lowest BCUT2D eigenvalue weighted by molar-refractivity contribution is -0.125. The smallest absolute Gasteiger partial charge is 0.332 e. The summed E-state index contributed by atoms with van der Waals surface area (Å²) in [6.45, 7) is 2.20. The summed E-state index contributed by atoms with van der Waals surface area (Å²) in [6, 6.07) is 18.9. The number of ether oxygens (including phenoxy) is 2. The number of nitrogens with zero attached hydrogens (tertiary/aromatic N) is 2. The third-order valence-corrected chi connectivity index (χ3v) is 7.48. The molecule has 1 fully saturated rings. The van der Waals surface area contributed by atoms with Gasteiger partial charge < -0.3 is 24.7 Å². The number of anilines is 2. The van der Waals surface area contributed by atoms with Gasteiger partial charge in [-0.2, -0.15) is 0 Å². The van der Waals surface area contributed by atoms with E-state index in [1.54, 1.807) is 74.6 Å². The highest BCUT2D eigenvalue weighted by Gasteiger charge is 2.59. The summed E-state index contributed by atoms with van der Waals surface area (Å²) in [4.78, 5) is 46.4. The summed E-state index contributed by atoms with van der Waals surface area (Å²) in [5, 5.41) is 3.82. The van der Waals surface area contributed by atoms with Crippen LogP contribution in [0.2, 0.25) is 0 Å². The van der Waals surface area contributed by atoms with Gasteiger partial charge in [0, 0.05) is 34.8 Å². The summed E-state index contributed by atoms with van der Waals surface area (Å²) in [7, 11) is 3.18. The molecule has 6 rings (SSSR count). The van der Waals surface area contributed by atoms with Crippen LogP contribution >= 0.6 is 0 Å². The number of imide groups is 1. The van der Waals surface area contributed by atoms with Crippen LogP contribution in [0.25, 0.3) is 10.9 Å². The first-order valence-corrected chi connectivity index (χ1v) is 12.3. The second-order valence-corrected chi connectivity index (χ2v) is 9.52. The zero-order valence-corrected chi connectivity index (χ0v) is 21.2. The summed E-state index contributed by atoms with van der Waals surface area (Å²) in [5.41, 5.74) is 2.87. The second-order valence-electron chi connectivity index (χ2n) is 9.52. The first kappa shape index (κ1) is 23.6. The second kappa shape index (κ2) is 8.65. The fourth-order valence-electron chi connectivity index (χ4n) is 5.44. The van der Waals surface area contributed by atoms with Crippen molar-refractivity contribution in [2.24, 2.45) is 0 Å². The SMILES string of the molecule is COc1cccc(NC(=O)c2ccc(N3C(=O)N4CCc5c([nH]c6ccc(OC)cc56)C4(C)C3=O)cc2)c1. The third kappa shape index (κ3) is 3.42. The fraction of sp³-hybridized carbons (Fsp3) is 0.207. The van der Waals surface area contributed by atoms with Gasteiger partial charge in [0.25, 0.3) is 11.8 Å². The molecule has 3 aromatic carbocycles. The highest BCUT2D eigenvalue weighted by molar-refractivity contribution is 6.23. The van der Waals surface area contributed by atoms with Crippen LogP contribution in [-0.4, -0.2) is 48.5 Å². The van der Waals surface area contributed by atoms with Gasteiger partial charge in [0.05, 0.1) is 25.6 Å². The maximum Gasteiger partial charge on any atom is 0.332 e. The van der Waals surface area contributed by atoms with Crippen molar-refractivity contribution in [2.45, 2.75) is 18.9 Å². The molecule has 9 nitrogen and oxygen atoms in total. The number of methoxy groups -OCH3 is 2. The number of aromatic nitrogens is 1. The van der Waals surface area contributed by atoms with E-state index in [4.69, 9.17) is 9.47 Å². The number of nitrogens with one attached hydrogen (secondary N) is 2. The molecule has 0 saturated carbocycles. The van der Waals surface area contributed by atoms with Gasteiger partial charge in [0.2, 0.25) is 0 Å². The number of urea groups is 1. The average Bonchev–Trinajstić information content (AvgIpc) is 3.41. The molecule has 4 amide bonds. The molecule has 1 atom stereocenters. The molecule has 1 aromatic heterocycles. The fourth-order valence-corrected chi connectivity index (χ4v) is 5.44. The molecule has 2 N–H and O–H groups in total. The number of carbonyl (C=O) groups excluding carboxylic acids is 3. The van der Waals surface area contributed by atoms with E-state index < -0.39 is 5.54 Å². The van der Waals surface area contributed by atoms with Crippen LogP contribution in [-0.2, 0) is 16.8 Å². The third-order valence-electron chi connectivity index (χ3n) is 7.48. The van der Waals surface area contributed by atoms with Gasteiger partial charge in [0.1, 0.15) is 11.5 Å². The molecule has 192 valence electrons. The standard InChI is InChI=1S/C29H26N4O5/c1-29-25-22(23-16-21(38-3)11-12-24(23)31-25)13-14-32(29)28(36)33(27(29)35)19-9-7-17(8-10-19)26(34)30-18-5-4-6-20(15-18)37-2/h4-12,15-16,31H,13-14H2,1-3H3,(H,30,34). The van der Waals surface area contributed by atoms with Gasteiger partial charge >= 0.3 is 6.03 Å². The predicted molar refractivity (Wildman–Crippen MR) is 143 cm³/mol. The molecule has 38 heavy (non-hydrogen) atoms. The van der Waals surface area contributed by atoms with Crippen LogP contribution in [0.3, 0.4) is 0 Å². The molecule has 1 saturated heterocycles. The molecule has 0 bridgehead atoms. The molecule has 2 aliphatic rings. The molecule has 4 aromatic rings. The predicted octanol–water partition coefficient (Wildman–Crippen LogP) is 4.68. The zero-order valence-electron chi connectivity index (χ0n) is 21.2. The zero-order chi connectivity index (χ0) is 26.6. The molecule has 1 unspecified atom stereocenters. The number of hydrogen-bond donors (Lipinski definition) is 2. The number of rotatable bonds is 5. The van der Waals surface area contributed by atoms with Crippen molar-refractivity contribution in [3.05, 3.63) is 83.6 Å². The van der Waals surface area contributed by atoms with E-state index in [1.165, 1.54) is 4.90 Å². The maximum absolute atomic E-state index is 13.9. The first-order valence-electron chi connectivity index (χ1n) is 12.3.